The molecule has 0 heterocycles. The van der Waals surface area contributed by atoms with Crippen LogP contribution in [0.25, 0.3) is 6.08 Å². The first kappa shape index (κ1) is 8.63. The van der Waals surface area contributed by atoms with Crippen LogP contribution in [0.4, 0.5) is 5.69 Å². The second-order valence-corrected chi connectivity index (χ2v) is 4.10. The summed E-state index contributed by atoms with van der Waals surface area (Å²) >= 11 is 0. The van der Waals surface area contributed by atoms with Crippen molar-refractivity contribution in [2.75, 3.05) is 0 Å². The minimum Gasteiger partial charge on any atom is -0.211 e. The number of fused-ring (bicyclic) bond motifs is 2. The van der Waals surface area contributed by atoms with Gasteiger partial charge < -0.3 is 0 Å². The van der Waals surface area contributed by atoms with Crippen LogP contribution in [0.2, 0.25) is 0 Å². The molecule has 0 aromatic heterocycles. The van der Waals surface area contributed by atoms with Crippen molar-refractivity contribution in [1.82, 2.24) is 0 Å². The Hall–Kier alpha value is -1.66. The van der Waals surface area contributed by atoms with Crippen molar-refractivity contribution in [1.29, 1.82) is 0 Å². The number of aryl methyl sites for hydroxylation is 1. The Morgan fingerprint density at radius 1 is 1.27 bits per heavy atom. The highest BCUT2D eigenvalue weighted by Gasteiger charge is 2.21. The number of isocyanates is 1. The van der Waals surface area contributed by atoms with Gasteiger partial charge in [-0.15, -0.1) is 0 Å². The lowest BCUT2D eigenvalue weighted by Gasteiger charge is -2.08. The SMILES string of the molecule is O=C=Nc1c2c(cc3c1CCC3)CC=C2. The highest BCUT2D eigenvalue weighted by atomic mass is 16.1. The van der Waals surface area contributed by atoms with E-state index in [1.54, 1.807) is 6.08 Å². The minimum absolute atomic E-state index is 0.878. The molecule has 1 aromatic carbocycles. The average Bonchev–Trinajstić information content (AvgIpc) is 2.84. The molecule has 0 amide bonds. The molecular formula is C13H11NO. The Labute approximate surface area is 88.3 Å². The van der Waals surface area contributed by atoms with Crippen molar-refractivity contribution >= 4 is 17.8 Å². The van der Waals surface area contributed by atoms with Crippen LogP contribution < -0.4 is 0 Å². The number of allylic oxidation sites excluding steroid dienone is 1. The minimum atomic E-state index is 0.878. The fraction of sp³-hybridized carbons (Fsp3) is 0.308. The lowest BCUT2D eigenvalue weighted by atomic mass is 9.99. The van der Waals surface area contributed by atoms with E-state index in [9.17, 15) is 4.79 Å². The zero-order chi connectivity index (χ0) is 10.3. The van der Waals surface area contributed by atoms with E-state index in [4.69, 9.17) is 0 Å². The van der Waals surface area contributed by atoms with Crippen LogP contribution in [-0.4, -0.2) is 6.08 Å². The third-order valence-corrected chi connectivity index (χ3v) is 3.28. The topological polar surface area (TPSA) is 29.4 Å². The standard InChI is InChI=1S/C13H11NO/c15-8-14-13-11-5-1-3-9(11)7-10-4-2-6-12(10)13/h1,5,7H,2-4,6H2. The molecule has 74 valence electrons. The summed E-state index contributed by atoms with van der Waals surface area (Å²) in [5.74, 6) is 0. The van der Waals surface area contributed by atoms with Gasteiger partial charge in [0.1, 0.15) is 0 Å². The summed E-state index contributed by atoms with van der Waals surface area (Å²) in [7, 11) is 0. The molecule has 2 nitrogen and oxygen atoms in total. The molecule has 0 spiro atoms. The van der Waals surface area contributed by atoms with Crippen molar-refractivity contribution in [3.05, 3.63) is 34.4 Å². The van der Waals surface area contributed by atoms with E-state index in [0.717, 1.165) is 30.5 Å². The highest BCUT2D eigenvalue weighted by Crippen LogP contribution is 2.39. The van der Waals surface area contributed by atoms with Crippen LogP contribution in [0.15, 0.2) is 17.1 Å². The van der Waals surface area contributed by atoms with Gasteiger partial charge in [0.2, 0.25) is 6.08 Å². The molecule has 3 rings (SSSR count). The summed E-state index contributed by atoms with van der Waals surface area (Å²) < 4.78 is 0. The first-order valence-electron chi connectivity index (χ1n) is 5.32. The van der Waals surface area contributed by atoms with E-state index in [1.807, 2.05) is 0 Å². The lowest BCUT2D eigenvalue weighted by molar-refractivity contribution is 0.565. The number of aliphatic imine (C=N–C) groups is 1. The molecule has 0 aliphatic heterocycles. The summed E-state index contributed by atoms with van der Waals surface area (Å²) in [5.41, 5.74) is 5.97. The van der Waals surface area contributed by atoms with E-state index < -0.39 is 0 Å². The van der Waals surface area contributed by atoms with Gasteiger partial charge in [0.25, 0.3) is 0 Å². The van der Waals surface area contributed by atoms with Crippen molar-refractivity contribution in [2.45, 2.75) is 25.7 Å². The Kier molecular flexibility index (Phi) is 1.83. The monoisotopic (exact) mass is 197 g/mol. The molecule has 2 aliphatic rings. The van der Waals surface area contributed by atoms with Crippen molar-refractivity contribution in [2.24, 2.45) is 4.99 Å². The number of hydrogen-bond donors (Lipinski definition) is 0. The van der Waals surface area contributed by atoms with Crippen molar-refractivity contribution < 1.29 is 4.79 Å². The van der Waals surface area contributed by atoms with Crippen LogP contribution in [0.1, 0.15) is 28.7 Å². The molecule has 0 fully saturated rings. The molecule has 0 saturated heterocycles. The predicted molar refractivity (Wildman–Crippen MR) is 59.0 cm³/mol. The van der Waals surface area contributed by atoms with Crippen molar-refractivity contribution in [3.8, 4) is 0 Å². The van der Waals surface area contributed by atoms with E-state index >= 15 is 0 Å². The highest BCUT2D eigenvalue weighted by molar-refractivity contribution is 5.77. The van der Waals surface area contributed by atoms with Gasteiger partial charge in [-0.1, -0.05) is 18.2 Å². The van der Waals surface area contributed by atoms with Crippen LogP contribution in [0, 0.1) is 0 Å². The zero-order valence-corrected chi connectivity index (χ0v) is 8.42. The summed E-state index contributed by atoms with van der Waals surface area (Å²) in [6.45, 7) is 0. The molecule has 2 heteroatoms. The second kappa shape index (κ2) is 3.18. The van der Waals surface area contributed by atoms with Gasteiger partial charge in [0, 0.05) is 5.56 Å². The van der Waals surface area contributed by atoms with Gasteiger partial charge in [0.05, 0.1) is 5.69 Å². The first-order valence-corrected chi connectivity index (χ1v) is 5.32. The van der Waals surface area contributed by atoms with Crippen LogP contribution in [-0.2, 0) is 24.1 Å². The van der Waals surface area contributed by atoms with E-state index in [2.05, 4.69) is 23.2 Å². The smallest absolute Gasteiger partial charge is 0.211 e. The number of hydrogen-bond acceptors (Lipinski definition) is 2. The summed E-state index contributed by atoms with van der Waals surface area (Å²) in [6, 6.07) is 2.28. The lowest BCUT2D eigenvalue weighted by Crippen LogP contribution is -1.91. The first-order chi connectivity index (χ1) is 7.40. The third-order valence-electron chi connectivity index (χ3n) is 3.28. The molecule has 15 heavy (non-hydrogen) atoms. The molecule has 0 atom stereocenters. The molecule has 0 unspecified atom stereocenters. The summed E-state index contributed by atoms with van der Waals surface area (Å²) in [5, 5.41) is 0. The Morgan fingerprint density at radius 3 is 3.07 bits per heavy atom. The number of carbonyl (C=O) groups excluding carboxylic acids is 1. The van der Waals surface area contributed by atoms with Gasteiger partial charge in [-0.3, -0.25) is 0 Å². The Balaban J connectivity index is 2.32. The fourth-order valence-electron chi connectivity index (χ4n) is 2.63. The van der Waals surface area contributed by atoms with Gasteiger partial charge >= 0.3 is 0 Å². The largest absolute Gasteiger partial charge is 0.240 e. The van der Waals surface area contributed by atoms with Crippen molar-refractivity contribution in [3.63, 3.8) is 0 Å². The maximum Gasteiger partial charge on any atom is 0.240 e. The fourth-order valence-corrected chi connectivity index (χ4v) is 2.63. The van der Waals surface area contributed by atoms with Crippen LogP contribution >= 0.6 is 0 Å². The molecule has 0 bridgehead atoms. The molecule has 0 saturated carbocycles. The van der Waals surface area contributed by atoms with E-state index in [0.29, 0.717) is 0 Å². The molecule has 1 aromatic rings. The zero-order valence-electron chi connectivity index (χ0n) is 8.42. The van der Waals surface area contributed by atoms with Crippen LogP contribution in [0.5, 0.6) is 0 Å². The van der Waals surface area contributed by atoms with Gasteiger partial charge in [-0.25, -0.2) is 4.79 Å². The third kappa shape index (κ3) is 1.19. The maximum absolute atomic E-state index is 10.5. The second-order valence-electron chi connectivity index (χ2n) is 4.10. The molecule has 2 aliphatic carbocycles. The van der Waals surface area contributed by atoms with Gasteiger partial charge in [-0.2, -0.15) is 4.99 Å². The summed E-state index contributed by atoms with van der Waals surface area (Å²) in [4.78, 5) is 14.4. The van der Waals surface area contributed by atoms with E-state index in [1.165, 1.54) is 23.1 Å². The number of nitrogens with zero attached hydrogens (tertiary/aromatic N) is 1. The predicted octanol–water partition coefficient (Wildman–Crippen LogP) is 2.71. The number of rotatable bonds is 1. The molecule has 0 radical (unpaired) electrons. The summed E-state index contributed by atoms with van der Waals surface area (Å²) in [6.07, 6.45) is 10.2. The van der Waals surface area contributed by atoms with Crippen LogP contribution in [0.3, 0.4) is 0 Å². The maximum atomic E-state index is 10.5. The average molecular weight is 197 g/mol. The number of benzene rings is 1. The Morgan fingerprint density at radius 2 is 2.20 bits per heavy atom. The molecular weight excluding hydrogens is 186 g/mol. The van der Waals surface area contributed by atoms with E-state index in [-0.39, 0.29) is 0 Å². The normalized spacial score (nSPS) is 16.0. The molecule has 0 N–H and O–H groups in total. The van der Waals surface area contributed by atoms with Gasteiger partial charge in [-0.05, 0) is 42.4 Å². The quantitative estimate of drug-likeness (QED) is 0.502. The van der Waals surface area contributed by atoms with Gasteiger partial charge in [0.15, 0.2) is 0 Å². The Bertz CT molecular complexity index is 507.